The normalized spacial score (nSPS) is 13.4. The van der Waals surface area contributed by atoms with E-state index in [1.807, 2.05) is 72.9 Å². The first-order chi connectivity index (χ1) is 27.5. The Balaban J connectivity index is 0.00000436. The number of nitrogens with zero attached hydrogens (tertiary/aromatic N) is 4. The van der Waals surface area contributed by atoms with E-state index < -0.39 is 6.98 Å². The first-order valence-electron chi connectivity index (χ1n) is 19.5. The molecule has 0 fully saturated rings. The van der Waals surface area contributed by atoms with Crippen molar-refractivity contribution >= 4 is 55.9 Å². The average molecular weight is 897 g/mol. The van der Waals surface area contributed by atoms with Gasteiger partial charge in [0, 0.05) is 44.3 Å². The second kappa shape index (κ2) is 13.4. The molecule has 0 amide bonds. The van der Waals surface area contributed by atoms with Crippen LogP contribution in [0.3, 0.4) is 0 Å². The third kappa shape index (κ3) is 5.95. The fourth-order valence-corrected chi connectivity index (χ4v) is 7.67. The molecule has 0 saturated carbocycles. The summed E-state index contributed by atoms with van der Waals surface area (Å²) in [7, 11) is 0. The number of imidazole rings is 1. The van der Waals surface area contributed by atoms with E-state index in [2.05, 4.69) is 104 Å². The number of pyridine rings is 1. The van der Waals surface area contributed by atoms with Gasteiger partial charge in [0.05, 0.1) is 22.1 Å². The Morgan fingerprint density at radius 3 is 2.27 bits per heavy atom. The minimum absolute atomic E-state index is 0. The van der Waals surface area contributed by atoms with Crippen LogP contribution >= 0.6 is 0 Å². The first kappa shape index (κ1) is 31.4. The second-order valence-electron chi connectivity index (χ2n) is 14.7. The van der Waals surface area contributed by atoms with E-state index in [9.17, 15) is 0 Å². The molecule has 1 aliphatic heterocycles. The summed E-state index contributed by atoms with van der Waals surface area (Å²) in [5.74, 6) is 3.46. The molecule has 0 aliphatic carbocycles. The van der Waals surface area contributed by atoms with Crippen molar-refractivity contribution in [1.29, 1.82) is 0 Å². The minimum Gasteiger partial charge on any atom is -0.510 e. The Morgan fingerprint density at radius 2 is 1.49 bits per heavy atom. The Labute approximate surface area is 339 Å². The number of para-hydroxylation sites is 4. The molecule has 0 unspecified atom stereocenters. The second-order valence-corrected chi connectivity index (χ2v) is 14.7. The van der Waals surface area contributed by atoms with Gasteiger partial charge in [-0.15, -0.1) is 29.7 Å². The fraction of sp³-hybridized carbons (Fsp3) is 0.106. The van der Waals surface area contributed by atoms with E-state index in [0.717, 1.165) is 55.5 Å². The number of rotatable bonds is 5. The number of benzene rings is 6. The molecule has 10 rings (SSSR count). The van der Waals surface area contributed by atoms with E-state index in [1.54, 1.807) is 10.6 Å². The van der Waals surface area contributed by atoms with Gasteiger partial charge in [-0.3, -0.25) is 0 Å². The summed E-state index contributed by atoms with van der Waals surface area (Å²) < 4.78 is 42.1. The molecule has 6 nitrogen and oxygen atoms in total. The molecule has 0 N–H and O–H groups in total. The van der Waals surface area contributed by atoms with Crippen LogP contribution in [0.2, 0.25) is 0 Å². The Bertz CT molecular complexity index is 3000. The first-order valence-corrected chi connectivity index (χ1v) is 18.0. The Morgan fingerprint density at radius 1 is 0.745 bits per heavy atom. The van der Waals surface area contributed by atoms with Crippen molar-refractivity contribution in [3.05, 3.63) is 164 Å². The van der Waals surface area contributed by atoms with Crippen LogP contribution in [0.4, 0.5) is 0 Å². The van der Waals surface area contributed by atoms with Gasteiger partial charge in [-0.05, 0) is 57.6 Å². The van der Waals surface area contributed by atoms with E-state index in [4.69, 9.17) is 18.6 Å². The maximum Gasteiger partial charge on any atom is 0.250 e. The summed E-state index contributed by atoms with van der Waals surface area (Å²) in [6.07, 6.45) is 4.89. The summed E-state index contributed by atoms with van der Waals surface area (Å²) in [5, 5.41) is 2.08. The third-order valence-electron chi connectivity index (χ3n) is 10.3. The topological polar surface area (TPSA) is 45.1 Å². The molecule has 8 heteroatoms. The predicted octanol–water partition coefficient (Wildman–Crippen LogP) is 8.06. The van der Waals surface area contributed by atoms with Gasteiger partial charge in [-0.25, -0.2) is 4.98 Å². The standard InChI is InChI=1S/C47H35BN4O2.Pt/c1-47(2,3)31-24-25-49-46(26-31)52-40-23-20-32(48-38-14-5-9-18-44(38)54-45-19-10-6-15-39(45)48)27-37(40)36-22-21-35(29-43(36)52)53-34-13-11-12-33(28-34)51-30-50(4)41-16-7-8-17-42(41)51;/h5-27H,1-4H3;/q-2;/i4D3;. The van der Waals surface area contributed by atoms with Crippen LogP contribution in [0, 0.1) is 18.5 Å². The maximum atomic E-state index is 8.07. The van der Waals surface area contributed by atoms with Crippen molar-refractivity contribution in [3.8, 4) is 34.5 Å². The van der Waals surface area contributed by atoms with Crippen LogP contribution < -0.4 is 30.4 Å². The quantitative estimate of drug-likeness (QED) is 0.0999. The summed E-state index contributed by atoms with van der Waals surface area (Å²) in [5.41, 5.74) is 8.14. The van der Waals surface area contributed by atoms with Crippen LogP contribution in [-0.4, -0.2) is 20.8 Å². The predicted molar refractivity (Wildman–Crippen MR) is 216 cm³/mol. The van der Waals surface area contributed by atoms with Gasteiger partial charge in [0.1, 0.15) is 17.3 Å². The van der Waals surface area contributed by atoms with E-state index >= 15 is 0 Å². The van der Waals surface area contributed by atoms with E-state index in [1.165, 1.54) is 10.1 Å². The van der Waals surface area contributed by atoms with Crippen molar-refractivity contribution in [3.63, 3.8) is 0 Å². The van der Waals surface area contributed by atoms with Gasteiger partial charge in [0.2, 0.25) is 6.33 Å². The van der Waals surface area contributed by atoms with Crippen molar-refractivity contribution in [2.45, 2.75) is 26.2 Å². The molecule has 1 aliphatic rings. The fourth-order valence-electron chi connectivity index (χ4n) is 7.67. The van der Waals surface area contributed by atoms with Gasteiger partial charge in [-0.1, -0.05) is 110 Å². The van der Waals surface area contributed by atoms with Crippen molar-refractivity contribution < 1.29 is 39.2 Å². The summed E-state index contributed by atoms with van der Waals surface area (Å²) in [6.45, 7) is 4.19. The number of hydrogen-bond donors (Lipinski definition) is 0. The zero-order valence-electron chi connectivity index (χ0n) is 33.3. The van der Waals surface area contributed by atoms with Gasteiger partial charge < -0.3 is 23.2 Å². The molecule has 0 atom stereocenters. The van der Waals surface area contributed by atoms with E-state index in [0.29, 0.717) is 28.2 Å². The van der Waals surface area contributed by atoms with Crippen LogP contribution in [0.25, 0.3) is 44.3 Å². The molecule has 4 heterocycles. The van der Waals surface area contributed by atoms with Crippen molar-refractivity contribution in [2.75, 3.05) is 0 Å². The Hall–Kier alpha value is -5.91. The van der Waals surface area contributed by atoms with Crippen molar-refractivity contribution in [1.82, 2.24) is 14.1 Å². The van der Waals surface area contributed by atoms with Gasteiger partial charge in [0.15, 0.2) is 0 Å². The summed E-state index contributed by atoms with van der Waals surface area (Å²) in [6, 6.07) is 51.2. The molecule has 0 radical (unpaired) electrons. The zero-order valence-corrected chi connectivity index (χ0v) is 32.6. The molecule has 0 spiro atoms. The number of ether oxygens (including phenoxy) is 2. The number of fused-ring (bicyclic) bond motifs is 6. The SMILES string of the molecule is [2H]C([2H])([2H])[n+]1[c-]n(-c2[c-]c(Oc3[c-]c4c(cc3)c3cc(B5c6ccccc6Oc6ccccc65)ccc3n4-c3cc(C(C)(C)C)ccn3)ccc2)c2ccccc21.[Pt]. The molecule has 0 saturated heterocycles. The molecule has 6 aromatic carbocycles. The van der Waals surface area contributed by atoms with Gasteiger partial charge in [-0.2, -0.15) is 18.2 Å². The van der Waals surface area contributed by atoms with Crippen LogP contribution in [-0.2, 0) is 33.5 Å². The zero-order chi connectivity index (χ0) is 39.1. The number of aromatic nitrogens is 4. The monoisotopic (exact) mass is 896 g/mol. The van der Waals surface area contributed by atoms with Gasteiger partial charge in [0.25, 0.3) is 6.71 Å². The maximum absolute atomic E-state index is 8.07. The largest absolute Gasteiger partial charge is 0.510 e. The molecular weight excluding hydrogens is 858 g/mol. The minimum atomic E-state index is -2.40. The Kier molecular flexibility index (Phi) is 7.68. The molecule has 270 valence electrons. The summed E-state index contributed by atoms with van der Waals surface area (Å²) in [4.78, 5) is 4.90. The van der Waals surface area contributed by atoms with Crippen LogP contribution in [0.1, 0.15) is 30.4 Å². The van der Waals surface area contributed by atoms with E-state index in [-0.39, 0.29) is 33.2 Å². The smallest absolute Gasteiger partial charge is 0.250 e. The molecular formula is C47H35BN4O2Pt-2. The van der Waals surface area contributed by atoms with Crippen molar-refractivity contribution in [2.24, 2.45) is 6.98 Å². The molecule has 0 bridgehead atoms. The number of hydrogen-bond acceptors (Lipinski definition) is 3. The molecule has 9 aromatic rings. The molecule has 55 heavy (non-hydrogen) atoms. The van der Waals surface area contributed by atoms with Gasteiger partial charge >= 0.3 is 0 Å². The summed E-state index contributed by atoms with van der Waals surface area (Å²) >= 11 is 0. The molecule has 3 aromatic heterocycles. The average Bonchev–Trinajstić information content (AvgIpc) is 3.76. The van der Waals surface area contributed by atoms with Crippen LogP contribution in [0.5, 0.6) is 23.0 Å². The van der Waals surface area contributed by atoms with Crippen LogP contribution in [0.15, 0.2) is 140 Å². The third-order valence-corrected chi connectivity index (χ3v) is 10.3. The number of aryl methyl sites for hydroxylation is 1.